The van der Waals surface area contributed by atoms with Gasteiger partial charge >= 0.3 is 5.97 Å². The number of rotatable bonds is 7. The Balaban J connectivity index is 1.35. The first kappa shape index (κ1) is 25.3. The fourth-order valence-corrected chi connectivity index (χ4v) is 5.42. The molecule has 0 spiro atoms. The van der Waals surface area contributed by atoms with Crippen LogP contribution >= 0.6 is 0 Å². The highest BCUT2D eigenvalue weighted by atomic mass is 16.5. The molecule has 0 bridgehead atoms. The van der Waals surface area contributed by atoms with Crippen molar-refractivity contribution in [3.05, 3.63) is 100 Å². The van der Waals surface area contributed by atoms with Gasteiger partial charge in [0, 0.05) is 32.1 Å². The van der Waals surface area contributed by atoms with E-state index in [0.29, 0.717) is 42.0 Å². The smallest absolute Gasteiger partial charge is 0.325 e. The van der Waals surface area contributed by atoms with Crippen LogP contribution in [-0.4, -0.2) is 45.2 Å². The molecule has 5 rings (SSSR count). The van der Waals surface area contributed by atoms with Gasteiger partial charge in [-0.3, -0.25) is 19.4 Å². The van der Waals surface area contributed by atoms with E-state index >= 15 is 0 Å². The van der Waals surface area contributed by atoms with Gasteiger partial charge in [0.05, 0.1) is 22.5 Å². The average molecular weight is 513 g/mol. The number of carbonyl (C=O) groups excluding carboxylic acids is 2. The van der Waals surface area contributed by atoms with E-state index in [1.807, 2.05) is 60.7 Å². The molecule has 8 nitrogen and oxygen atoms in total. The number of aliphatic imine (C=N–C) groups is 1. The number of aryl methyl sites for hydroxylation is 1. The van der Waals surface area contributed by atoms with Crippen LogP contribution in [0.2, 0.25) is 0 Å². The van der Waals surface area contributed by atoms with Gasteiger partial charge in [0.2, 0.25) is 0 Å². The first-order valence-corrected chi connectivity index (χ1v) is 12.7. The summed E-state index contributed by atoms with van der Waals surface area (Å²) in [5.74, 6) is -1.20. The molecular formula is C30H28N2O6. The molecule has 8 heteroatoms. The van der Waals surface area contributed by atoms with Gasteiger partial charge in [0.1, 0.15) is 18.1 Å². The lowest BCUT2D eigenvalue weighted by atomic mass is 9.78. The molecule has 0 saturated heterocycles. The Morgan fingerprint density at radius 2 is 1.47 bits per heavy atom. The largest absolute Gasteiger partial charge is 0.511 e. The molecule has 3 aromatic rings. The van der Waals surface area contributed by atoms with E-state index in [-0.39, 0.29) is 54.0 Å². The molecule has 1 aromatic heterocycles. The highest BCUT2D eigenvalue weighted by Gasteiger charge is 2.34. The molecule has 1 fully saturated rings. The predicted molar refractivity (Wildman–Crippen MR) is 140 cm³/mol. The van der Waals surface area contributed by atoms with Gasteiger partial charge in [-0.05, 0) is 29.4 Å². The van der Waals surface area contributed by atoms with E-state index in [2.05, 4.69) is 10.1 Å². The second kappa shape index (κ2) is 11.0. The number of aliphatic hydroxyl groups is 1. The number of allylic oxidation sites excluding steroid dienone is 2. The van der Waals surface area contributed by atoms with E-state index in [0.717, 1.165) is 11.1 Å². The summed E-state index contributed by atoms with van der Waals surface area (Å²) in [4.78, 5) is 41.5. The molecule has 1 saturated carbocycles. The Kier molecular flexibility index (Phi) is 7.31. The predicted octanol–water partition coefficient (Wildman–Crippen LogP) is 5.00. The van der Waals surface area contributed by atoms with Gasteiger partial charge in [-0.1, -0.05) is 65.8 Å². The van der Waals surface area contributed by atoms with Crippen molar-refractivity contribution in [2.24, 2.45) is 4.99 Å². The maximum absolute atomic E-state index is 13.2. The zero-order valence-corrected chi connectivity index (χ0v) is 20.8. The highest BCUT2D eigenvalue weighted by Crippen LogP contribution is 2.36. The van der Waals surface area contributed by atoms with Gasteiger partial charge in [-0.2, -0.15) is 0 Å². The quantitative estimate of drug-likeness (QED) is 0.336. The number of aliphatic hydroxyl groups excluding tert-OH is 1. The molecular weight excluding hydrogens is 484 g/mol. The molecule has 2 aliphatic rings. The highest BCUT2D eigenvalue weighted by molar-refractivity contribution is 6.25. The summed E-state index contributed by atoms with van der Waals surface area (Å²) < 4.78 is 5.53. The number of benzene rings is 2. The van der Waals surface area contributed by atoms with Crippen molar-refractivity contribution in [3.8, 4) is 0 Å². The van der Waals surface area contributed by atoms with Gasteiger partial charge in [-0.15, -0.1) is 0 Å². The van der Waals surface area contributed by atoms with Crippen LogP contribution in [0.5, 0.6) is 0 Å². The second-order valence-electron chi connectivity index (χ2n) is 9.78. The lowest BCUT2D eigenvalue weighted by Gasteiger charge is -2.26. The van der Waals surface area contributed by atoms with Crippen molar-refractivity contribution < 1.29 is 29.1 Å². The summed E-state index contributed by atoms with van der Waals surface area (Å²) in [6.07, 6.45) is 1.71. The Bertz CT molecular complexity index is 1420. The molecule has 2 atom stereocenters. The van der Waals surface area contributed by atoms with Gasteiger partial charge < -0.3 is 14.7 Å². The number of carboxylic acid groups (broad SMARTS) is 1. The number of carboxylic acids is 1. The molecule has 2 aromatic carbocycles. The van der Waals surface area contributed by atoms with E-state index in [4.69, 9.17) is 9.63 Å². The fraction of sp³-hybridized carbons (Fsp3) is 0.300. The van der Waals surface area contributed by atoms with Gasteiger partial charge in [0.15, 0.2) is 11.6 Å². The average Bonchev–Trinajstić information content (AvgIpc) is 3.35. The van der Waals surface area contributed by atoms with E-state index in [1.165, 1.54) is 0 Å². The minimum Gasteiger partial charge on any atom is -0.511 e. The van der Waals surface area contributed by atoms with Crippen LogP contribution in [0.4, 0.5) is 0 Å². The van der Waals surface area contributed by atoms with Crippen LogP contribution in [0.1, 0.15) is 70.5 Å². The van der Waals surface area contributed by atoms with E-state index in [9.17, 15) is 19.5 Å². The van der Waals surface area contributed by atoms with Crippen LogP contribution in [0, 0.1) is 0 Å². The fourth-order valence-electron chi connectivity index (χ4n) is 5.42. The van der Waals surface area contributed by atoms with Crippen molar-refractivity contribution in [2.75, 3.05) is 6.54 Å². The number of hydrogen-bond acceptors (Lipinski definition) is 7. The van der Waals surface area contributed by atoms with Crippen molar-refractivity contribution in [2.45, 2.75) is 50.4 Å². The normalized spacial score (nSPS) is 21.8. The number of Topliss-reactive ketones (excluding diaryl/α,β-unsaturated/α-hetero) is 2. The molecule has 2 aliphatic carbocycles. The van der Waals surface area contributed by atoms with Crippen molar-refractivity contribution in [3.63, 3.8) is 0 Å². The molecule has 0 amide bonds. The topological polar surface area (TPSA) is 130 Å². The Labute approximate surface area is 219 Å². The van der Waals surface area contributed by atoms with E-state index in [1.54, 1.807) is 0 Å². The van der Waals surface area contributed by atoms with Crippen molar-refractivity contribution >= 4 is 23.2 Å². The van der Waals surface area contributed by atoms with Crippen molar-refractivity contribution in [1.82, 2.24) is 5.16 Å². The monoisotopic (exact) mass is 512 g/mol. The molecule has 0 aliphatic heterocycles. The number of fused-ring (bicyclic) bond motifs is 1. The second-order valence-corrected chi connectivity index (χ2v) is 9.78. The zero-order valence-electron chi connectivity index (χ0n) is 20.8. The molecule has 194 valence electrons. The molecule has 38 heavy (non-hydrogen) atoms. The van der Waals surface area contributed by atoms with Crippen LogP contribution in [0.25, 0.3) is 0 Å². The third-order valence-electron chi connectivity index (χ3n) is 7.25. The summed E-state index contributed by atoms with van der Waals surface area (Å²) in [6.45, 7) is -0.491. The Hall–Kier alpha value is -4.33. The third kappa shape index (κ3) is 5.34. The number of nitrogens with zero attached hydrogens (tertiary/aromatic N) is 2. The maximum Gasteiger partial charge on any atom is 0.325 e. The zero-order chi connectivity index (χ0) is 26.6. The molecule has 2 N–H and O–H groups in total. The number of carbonyl (C=O) groups is 3. The molecule has 0 radical (unpaired) electrons. The van der Waals surface area contributed by atoms with Crippen LogP contribution in [-0.2, 0) is 22.4 Å². The van der Waals surface area contributed by atoms with Crippen LogP contribution in [0.15, 0.2) is 81.5 Å². The SMILES string of the molecule is O=C(O)CN=C1CC(c2ccccc2)CC(=O)/C1=C(/O)CCc1noc2c1C(=O)CC(c1ccccc1)C2. The first-order chi connectivity index (χ1) is 18.4. The minimum atomic E-state index is -1.12. The third-order valence-corrected chi connectivity index (χ3v) is 7.25. The lowest BCUT2D eigenvalue weighted by Crippen LogP contribution is -2.27. The standard InChI is InChI=1S/C30H28N2O6/c33-24(29-23(31-17-28(36)37)13-20(14-25(29)34)18-7-3-1-4-8-18)12-11-22-30-26(35)15-21(16-27(30)38-32-22)19-9-5-2-6-10-19/h1-10,20-21,33H,11-17H2,(H,36,37)/b29-24+,31-23?. The molecule has 2 unspecified atom stereocenters. The van der Waals surface area contributed by atoms with Crippen molar-refractivity contribution in [1.29, 1.82) is 0 Å². The summed E-state index contributed by atoms with van der Waals surface area (Å²) in [5, 5.41) is 24.3. The summed E-state index contributed by atoms with van der Waals surface area (Å²) >= 11 is 0. The number of aromatic nitrogens is 1. The van der Waals surface area contributed by atoms with Crippen LogP contribution in [0.3, 0.4) is 0 Å². The summed E-state index contributed by atoms with van der Waals surface area (Å²) in [6, 6.07) is 19.3. The van der Waals surface area contributed by atoms with Gasteiger partial charge in [-0.25, -0.2) is 0 Å². The number of aliphatic carboxylic acids is 1. The van der Waals surface area contributed by atoms with Crippen LogP contribution < -0.4 is 0 Å². The summed E-state index contributed by atoms with van der Waals surface area (Å²) in [5.41, 5.74) is 3.32. The maximum atomic E-state index is 13.2. The Morgan fingerprint density at radius 1 is 0.868 bits per heavy atom. The summed E-state index contributed by atoms with van der Waals surface area (Å²) in [7, 11) is 0. The van der Waals surface area contributed by atoms with E-state index < -0.39 is 12.5 Å². The first-order valence-electron chi connectivity index (χ1n) is 12.7. The minimum absolute atomic E-state index is 0.0259. The van der Waals surface area contributed by atoms with Gasteiger partial charge in [0.25, 0.3) is 0 Å². The lowest BCUT2D eigenvalue weighted by molar-refractivity contribution is -0.135. The number of hydrogen-bond donors (Lipinski definition) is 2. The number of ketones is 2. The molecule has 1 heterocycles. The Morgan fingerprint density at radius 3 is 2.11 bits per heavy atom.